The lowest BCUT2D eigenvalue weighted by Gasteiger charge is -2.23. The van der Waals surface area contributed by atoms with Crippen molar-refractivity contribution in [1.29, 1.82) is 0 Å². The van der Waals surface area contributed by atoms with E-state index in [0.717, 1.165) is 47.6 Å². The van der Waals surface area contributed by atoms with Crippen LogP contribution < -0.4 is 0 Å². The van der Waals surface area contributed by atoms with Gasteiger partial charge in [0.25, 0.3) is 0 Å². The van der Waals surface area contributed by atoms with E-state index in [1.807, 2.05) is 72.9 Å². The Hall–Kier alpha value is -3.50. The van der Waals surface area contributed by atoms with Crippen LogP contribution in [0.2, 0.25) is 0 Å². The Kier molecular flexibility index (Phi) is 8.42. The molecule has 0 aliphatic rings. The first-order chi connectivity index (χ1) is 16.7. The maximum atomic E-state index is 15.1. The molecule has 3 nitrogen and oxygen atoms in total. The molecule has 0 aliphatic carbocycles. The van der Waals surface area contributed by atoms with Crippen molar-refractivity contribution in [3.05, 3.63) is 120 Å². The molecule has 0 bridgehead atoms. The van der Waals surface area contributed by atoms with Crippen LogP contribution >= 0.6 is 0 Å². The molecule has 34 heavy (non-hydrogen) atoms. The van der Waals surface area contributed by atoms with Gasteiger partial charge in [0.1, 0.15) is 11.7 Å². The van der Waals surface area contributed by atoms with Gasteiger partial charge in [-0.3, -0.25) is 4.90 Å². The molecule has 0 fully saturated rings. The van der Waals surface area contributed by atoms with Gasteiger partial charge in [0, 0.05) is 25.2 Å². The molecule has 0 saturated heterocycles. The van der Waals surface area contributed by atoms with Gasteiger partial charge in [0.05, 0.1) is 18.4 Å². The van der Waals surface area contributed by atoms with Crippen LogP contribution in [-0.4, -0.2) is 21.0 Å². The van der Waals surface area contributed by atoms with E-state index in [9.17, 15) is 0 Å². The number of aromatic nitrogens is 2. The van der Waals surface area contributed by atoms with Gasteiger partial charge in [-0.15, -0.1) is 0 Å². The average molecular weight is 454 g/mol. The van der Waals surface area contributed by atoms with E-state index >= 15 is 4.39 Å². The second-order valence-electron chi connectivity index (χ2n) is 8.58. The molecule has 0 amide bonds. The van der Waals surface area contributed by atoms with Crippen molar-refractivity contribution >= 4 is 6.08 Å². The lowest BCUT2D eigenvalue weighted by molar-refractivity contribution is 0.255. The minimum absolute atomic E-state index is 0.148. The van der Waals surface area contributed by atoms with Crippen molar-refractivity contribution in [1.82, 2.24) is 14.5 Å². The summed E-state index contributed by atoms with van der Waals surface area (Å²) in [5.74, 6) is 0.828. The Morgan fingerprint density at radius 2 is 1.53 bits per heavy atom. The van der Waals surface area contributed by atoms with Crippen LogP contribution in [0.15, 0.2) is 103 Å². The molecule has 3 aromatic carbocycles. The standard InChI is InChI=1S/C30H32FN3/c1-2-3-19-34-29(21-32-30(34)27-17-11-6-12-18-27)24-33(22-26-15-9-5-10-16-26)23-28(31)20-25-13-7-4-8-14-25/h4-18,20-21H,2-3,19,22-24H2,1H3. The maximum absolute atomic E-state index is 15.1. The molecule has 4 heteroatoms. The molecule has 0 atom stereocenters. The Balaban J connectivity index is 1.61. The summed E-state index contributed by atoms with van der Waals surface area (Å²) in [6.45, 7) is 4.62. The van der Waals surface area contributed by atoms with Crippen LogP contribution in [0.25, 0.3) is 17.5 Å². The monoisotopic (exact) mass is 453 g/mol. The lowest BCUT2D eigenvalue weighted by Crippen LogP contribution is -2.26. The summed E-state index contributed by atoms with van der Waals surface area (Å²) in [5.41, 5.74) is 4.25. The summed E-state index contributed by atoms with van der Waals surface area (Å²) >= 11 is 0. The molecular formula is C30H32FN3. The third-order valence-corrected chi connectivity index (χ3v) is 5.84. The van der Waals surface area contributed by atoms with Crippen molar-refractivity contribution in [2.24, 2.45) is 0 Å². The van der Waals surface area contributed by atoms with Gasteiger partial charge in [-0.25, -0.2) is 9.37 Å². The maximum Gasteiger partial charge on any atom is 0.140 e. The Labute approximate surface area is 202 Å². The van der Waals surface area contributed by atoms with Gasteiger partial charge >= 0.3 is 0 Å². The Morgan fingerprint density at radius 1 is 0.882 bits per heavy atom. The van der Waals surface area contributed by atoms with E-state index in [1.54, 1.807) is 6.08 Å². The van der Waals surface area contributed by atoms with Gasteiger partial charge in [-0.05, 0) is 23.6 Å². The highest BCUT2D eigenvalue weighted by Gasteiger charge is 2.16. The van der Waals surface area contributed by atoms with Gasteiger partial charge < -0.3 is 4.57 Å². The molecule has 0 saturated carbocycles. The number of nitrogens with zero attached hydrogens (tertiary/aromatic N) is 3. The summed E-state index contributed by atoms with van der Waals surface area (Å²) in [7, 11) is 0. The SMILES string of the molecule is CCCCn1c(CN(CC(F)=Cc2ccccc2)Cc2ccccc2)cnc1-c1ccccc1. The largest absolute Gasteiger partial charge is 0.327 e. The smallest absolute Gasteiger partial charge is 0.140 e. The zero-order valence-corrected chi connectivity index (χ0v) is 19.8. The number of halogens is 1. The highest BCUT2D eigenvalue weighted by atomic mass is 19.1. The highest BCUT2D eigenvalue weighted by molar-refractivity contribution is 5.56. The number of hydrogen-bond donors (Lipinski definition) is 0. The third-order valence-electron chi connectivity index (χ3n) is 5.84. The minimum Gasteiger partial charge on any atom is -0.327 e. The molecule has 1 aromatic heterocycles. The van der Waals surface area contributed by atoms with Crippen LogP contribution in [0.3, 0.4) is 0 Å². The number of rotatable bonds is 11. The van der Waals surface area contributed by atoms with E-state index in [2.05, 4.69) is 40.7 Å². The topological polar surface area (TPSA) is 21.1 Å². The van der Waals surface area contributed by atoms with Crippen molar-refractivity contribution in [3.63, 3.8) is 0 Å². The van der Waals surface area contributed by atoms with E-state index in [-0.39, 0.29) is 12.4 Å². The van der Waals surface area contributed by atoms with E-state index in [0.29, 0.717) is 13.1 Å². The first kappa shape index (κ1) is 23.7. The van der Waals surface area contributed by atoms with Crippen LogP contribution in [0.4, 0.5) is 4.39 Å². The summed E-state index contributed by atoms with van der Waals surface area (Å²) in [4.78, 5) is 6.93. The zero-order valence-electron chi connectivity index (χ0n) is 19.8. The van der Waals surface area contributed by atoms with Crippen LogP contribution in [0.5, 0.6) is 0 Å². The van der Waals surface area contributed by atoms with E-state index in [4.69, 9.17) is 4.98 Å². The zero-order chi connectivity index (χ0) is 23.6. The molecule has 174 valence electrons. The molecule has 0 aliphatic heterocycles. The van der Waals surface area contributed by atoms with Gasteiger partial charge in [0.15, 0.2) is 0 Å². The highest BCUT2D eigenvalue weighted by Crippen LogP contribution is 2.23. The number of hydrogen-bond acceptors (Lipinski definition) is 2. The minimum atomic E-state index is -0.148. The fourth-order valence-electron chi connectivity index (χ4n) is 4.15. The molecule has 0 N–H and O–H groups in total. The molecule has 0 radical (unpaired) electrons. The normalized spacial score (nSPS) is 11.8. The fourth-order valence-corrected chi connectivity index (χ4v) is 4.15. The Morgan fingerprint density at radius 3 is 2.21 bits per heavy atom. The fraction of sp³-hybridized carbons (Fsp3) is 0.233. The van der Waals surface area contributed by atoms with Gasteiger partial charge in [-0.1, -0.05) is 104 Å². The first-order valence-corrected chi connectivity index (χ1v) is 12.0. The molecule has 0 unspecified atom stereocenters. The van der Waals surface area contributed by atoms with Crippen LogP contribution in [-0.2, 0) is 19.6 Å². The summed E-state index contributed by atoms with van der Waals surface area (Å²) in [6.07, 6.45) is 5.76. The molecular weight excluding hydrogens is 421 g/mol. The quantitative estimate of drug-likeness (QED) is 0.236. The van der Waals surface area contributed by atoms with Crippen molar-refractivity contribution in [2.75, 3.05) is 6.54 Å². The first-order valence-electron chi connectivity index (χ1n) is 12.0. The van der Waals surface area contributed by atoms with E-state index < -0.39 is 0 Å². The average Bonchev–Trinajstić information content (AvgIpc) is 3.26. The predicted molar refractivity (Wildman–Crippen MR) is 139 cm³/mol. The van der Waals surface area contributed by atoms with Crippen LogP contribution in [0.1, 0.15) is 36.6 Å². The van der Waals surface area contributed by atoms with Gasteiger partial charge in [0.2, 0.25) is 0 Å². The number of imidazole rings is 1. The van der Waals surface area contributed by atoms with Crippen molar-refractivity contribution in [3.8, 4) is 11.4 Å². The van der Waals surface area contributed by atoms with E-state index in [1.165, 1.54) is 0 Å². The van der Waals surface area contributed by atoms with Gasteiger partial charge in [-0.2, -0.15) is 0 Å². The molecule has 1 heterocycles. The second-order valence-corrected chi connectivity index (χ2v) is 8.58. The van der Waals surface area contributed by atoms with Crippen molar-refractivity contribution < 1.29 is 4.39 Å². The third kappa shape index (κ3) is 6.52. The predicted octanol–water partition coefficient (Wildman–Crippen LogP) is 7.36. The molecule has 0 spiro atoms. The van der Waals surface area contributed by atoms with Crippen LogP contribution in [0, 0.1) is 0 Å². The second kappa shape index (κ2) is 12.1. The number of benzene rings is 3. The molecule has 4 rings (SSSR count). The van der Waals surface area contributed by atoms with Crippen molar-refractivity contribution in [2.45, 2.75) is 39.4 Å². The summed E-state index contributed by atoms with van der Waals surface area (Å²) in [5, 5.41) is 0. The summed E-state index contributed by atoms with van der Waals surface area (Å²) < 4.78 is 17.4. The molecule has 4 aromatic rings. The number of unbranched alkanes of at least 4 members (excludes halogenated alkanes) is 1. The lowest BCUT2D eigenvalue weighted by atomic mass is 10.2. The summed E-state index contributed by atoms with van der Waals surface area (Å²) in [6, 6.07) is 30.2. The Bertz CT molecular complexity index is 1170.